The number of aromatic nitrogens is 1. The molecule has 0 aliphatic carbocycles. The van der Waals surface area contributed by atoms with Crippen molar-refractivity contribution < 1.29 is 9.90 Å². The summed E-state index contributed by atoms with van der Waals surface area (Å²) in [5, 5.41) is 8.51. The number of nitrogens with one attached hydrogen (secondary N) is 1. The van der Waals surface area contributed by atoms with Crippen LogP contribution in [0.15, 0.2) is 17.1 Å². The van der Waals surface area contributed by atoms with Crippen molar-refractivity contribution >= 4 is 5.97 Å². The van der Waals surface area contributed by atoms with Gasteiger partial charge >= 0.3 is 5.97 Å². The fourth-order valence-corrected chi connectivity index (χ4v) is 1.19. The molecule has 0 aliphatic heterocycles. The molecule has 0 spiro atoms. The Bertz CT molecular complexity index is 397. The zero-order valence-electron chi connectivity index (χ0n) is 7.78. The summed E-state index contributed by atoms with van der Waals surface area (Å²) in [5.74, 6) is -1.02. The molecule has 0 aliphatic rings. The zero-order valence-corrected chi connectivity index (χ0v) is 7.78. The molecule has 5 heteroatoms. The van der Waals surface area contributed by atoms with Gasteiger partial charge in [0.1, 0.15) is 0 Å². The average molecular weight is 196 g/mol. The molecule has 0 saturated heterocycles. The molecule has 0 aromatic carbocycles. The second-order valence-corrected chi connectivity index (χ2v) is 3.17. The minimum absolute atomic E-state index is 0.244. The van der Waals surface area contributed by atoms with Gasteiger partial charge in [0.25, 0.3) is 5.56 Å². The maximum atomic E-state index is 11.3. The van der Waals surface area contributed by atoms with Gasteiger partial charge in [0.2, 0.25) is 0 Å². The van der Waals surface area contributed by atoms with Crippen LogP contribution in [0, 0.1) is 6.92 Å². The first-order valence-electron chi connectivity index (χ1n) is 4.17. The van der Waals surface area contributed by atoms with E-state index in [1.54, 1.807) is 19.2 Å². The Balaban J connectivity index is 2.99. The molecule has 1 rings (SSSR count). The van der Waals surface area contributed by atoms with Gasteiger partial charge < -0.3 is 15.8 Å². The number of nitrogens with two attached hydrogens (primary N) is 1. The van der Waals surface area contributed by atoms with E-state index >= 15 is 0 Å². The third kappa shape index (κ3) is 2.43. The highest BCUT2D eigenvalue weighted by atomic mass is 16.4. The van der Waals surface area contributed by atoms with E-state index in [9.17, 15) is 9.59 Å². The number of aliphatic carboxylic acids is 1. The standard InChI is InChI=1S/C9H12N2O3/c1-5-2-6(9(14)11-4-5)7(10)3-8(12)13/h2,4,7H,3,10H2,1H3,(H,11,14)(H,12,13)/t7-/m0/s1. The van der Waals surface area contributed by atoms with Crippen LogP contribution >= 0.6 is 0 Å². The lowest BCUT2D eigenvalue weighted by Gasteiger charge is -2.08. The molecule has 1 atom stereocenters. The summed E-state index contributed by atoms with van der Waals surface area (Å²) in [6.45, 7) is 1.80. The van der Waals surface area contributed by atoms with Crippen LogP contribution in [0.4, 0.5) is 0 Å². The average Bonchev–Trinajstić information content (AvgIpc) is 2.08. The Labute approximate surface area is 80.6 Å². The van der Waals surface area contributed by atoms with Crippen LogP contribution in [0.5, 0.6) is 0 Å². The second kappa shape index (κ2) is 4.06. The Kier molecular flexibility index (Phi) is 3.03. The molecule has 0 saturated carbocycles. The van der Waals surface area contributed by atoms with Crippen molar-refractivity contribution in [1.82, 2.24) is 4.98 Å². The highest BCUT2D eigenvalue weighted by molar-refractivity contribution is 5.67. The number of carbonyl (C=O) groups is 1. The van der Waals surface area contributed by atoms with Crippen molar-refractivity contribution in [2.24, 2.45) is 5.73 Å². The highest BCUT2D eigenvalue weighted by Gasteiger charge is 2.13. The molecule has 1 heterocycles. The van der Waals surface area contributed by atoms with Crippen molar-refractivity contribution in [2.45, 2.75) is 19.4 Å². The minimum atomic E-state index is -1.02. The SMILES string of the molecule is Cc1c[nH]c(=O)c([C@@H](N)CC(=O)O)c1. The molecule has 5 nitrogen and oxygen atoms in total. The predicted molar refractivity (Wildman–Crippen MR) is 51.0 cm³/mol. The van der Waals surface area contributed by atoms with Crippen molar-refractivity contribution in [2.75, 3.05) is 0 Å². The Morgan fingerprint density at radius 1 is 1.71 bits per heavy atom. The number of hydrogen-bond acceptors (Lipinski definition) is 3. The first kappa shape index (κ1) is 10.5. The van der Waals surface area contributed by atoms with Gasteiger partial charge in [-0.15, -0.1) is 0 Å². The van der Waals surface area contributed by atoms with Crippen LogP contribution in [0.1, 0.15) is 23.6 Å². The first-order valence-corrected chi connectivity index (χ1v) is 4.17. The summed E-state index contributed by atoms with van der Waals surface area (Å²) < 4.78 is 0. The third-order valence-corrected chi connectivity index (χ3v) is 1.87. The van der Waals surface area contributed by atoms with Gasteiger partial charge in [-0.2, -0.15) is 0 Å². The second-order valence-electron chi connectivity index (χ2n) is 3.17. The summed E-state index contributed by atoms with van der Waals surface area (Å²) in [6.07, 6.45) is 1.31. The molecule has 0 unspecified atom stereocenters. The van der Waals surface area contributed by atoms with E-state index in [1.807, 2.05) is 0 Å². The quantitative estimate of drug-likeness (QED) is 0.641. The van der Waals surface area contributed by atoms with E-state index in [1.165, 1.54) is 0 Å². The molecule has 0 amide bonds. The minimum Gasteiger partial charge on any atom is -0.481 e. The first-order chi connectivity index (χ1) is 6.50. The van der Waals surface area contributed by atoms with Crippen LogP contribution in [0.25, 0.3) is 0 Å². The van der Waals surface area contributed by atoms with Gasteiger partial charge in [0, 0.05) is 17.8 Å². The zero-order chi connectivity index (χ0) is 10.7. The number of H-pyrrole nitrogens is 1. The van der Waals surface area contributed by atoms with Crippen molar-refractivity contribution in [1.29, 1.82) is 0 Å². The van der Waals surface area contributed by atoms with Gasteiger partial charge in [-0.25, -0.2) is 0 Å². The van der Waals surface area contributed by atoms with Crippen LogP contribution in [0.3, 0.4) is 0 Å². The maximum Gasteiger partial charge on any atom is 0.305 e. The van der Waals surface area contributed by atoms with Gasteiger partial charge in [-0.1, -0.05) is 0 Å². The Morgan fingerprint density at radius 3 is 2.93 bits per heavy atom. The molecular formula is C9H12N2O3. The van der Waals surface area contributed by atoms with Gasteiger partial charge in [0.05, 0.1) is 6.42 Å². The summed E-state index contributed by atoms with van der Waals surface area (Å²) in [6, 6.07) is 0.850. The van der Waals surface area contributed by atoms with Gasteiger partial charge in [-0.05, 0) is 18.6 Å². The molecule has 1 aromatic rings. The number of carboxylic acid groups (broad SMARTS) is 1. The van der Waals surface area contributed by atoms with Crippen LogP contribution in [0.2, 0.25) is 0 Å². The number of pyridine rings is 1. The van der Waals surface area contributed by atoms with Crippen molar-refractivity contribution in [3.8, 4) is 0 Å². The third-order valence-electron chi connectivity index (χ3n) is 1.87. The van der Waals surface area contributed by atoms with E-state index in [-0.39, 0.29) is 12.0 Å². The molecule has 0 bridgehead atoms. The number of rotatable bonds is 3. The molecule has 0 fully saturated rings. The van der Waals surface area contributed by atoms with E-state index in [0.29, 0.717) is 5.56 Å². The Morgan fingerprint density at radius 2 is 2.36 bits per heavy atom. The summed E-state index contributed by atoms with van der Waals surface area (Å²) in [7, 11) is 0. The van der Waals surface area contributed by atoms with Gasteiger partial charge in [0.15, 0.2) is 0 Å². The highest BCUT2D eigenvalue weighted by Crippen LogP contribution is 2.09. The van der Waals surface area contributed by atoms with Crippen molar-refractivity contribution in [3.63, 3.8) is 0 Å². The lowest BCUT2D eigenvalue weighted by Crippen LogP contribution is -2.23. The molecular weight excluding hydrogens is 184 g/mol. The molecule has 4 N–H and O–H groups in total. The number of carboxylic acids is 1. The molecule has 0 radical (unpaired) electrons. The monoisotopic (exact) mass is 196 g/mol. The van der Waals surface area contributed by atoms with Crippen molar-refractivity contribution in [3.05, 3.63) is 33.7 Å². The topological polar surface area (TPSA) is 96.2 Å². The Hall–Kier alpha value is -1.62. The van der Waals surface area contributed by atoms with Crippen LogP contribution in [-0.4, -0.2) is 16.1 Å². The van der Waals surface area contributed by atoms with E-state index < -0.39 is 12.0 Å². The fraction of sp³-hybridized carbons (Fsp3) is 0.333. The number of aromatic amines is 1. The normalized spacial score (nSPS) is 12.4. The van der Waals surface area contributed by atoms with Gasteiger partial charge in [-0.3, -0.25) is 9.59 Å². The smallest absolute Gasteiger partial charge is 0.305 e. The summed E-state index contributed by atoms with van der Waals surface area (Å²) in [5.41, 5.74) is 6.40. The van der Waals surface area contributed by atoms with E-state index in [4.69, 9.17) is 10.8 Å². The largest absolute Gasteiger partial charge is 0.481 e. The van der Waals surface area contributed by atoms with E-state index in [0.717, 1.165) is 5.56 Å². The number of hydrogen-bond donors (Lipinski definition) is 3. The summed E-state index contributed by atoms with van der Waals surface area (Å²) in [4.78, 5) is 24.1. The molecule has 76 valence electrons. The van der Waals surface area contributed by atoms with E-state index in [2.05, 4.69) is 4.98 Å². The number of aryl methyl sites for hydroxylation is 1. The molecule has 14 heavy (non-hydrogen) atoms. The maximum absolute atomic E-state index is 11.3. The lowest BCUT2D eigenvalue weighted by molar-refractivity contribution is -0.137. The predicted octanol–water partition coefficient (Wildman–Crippen LogP) is 0.158. The van der Waals surface area contributed by atoms with Crippen LogP contribution in [-0.2, 0) is 4.79 Å². The van der Waals surface area contributed by atoms with Crippen LogP contribution < -0.4 is 11.3 Å². The fourth-order valence-electron chi connectivity index (χ4n) is 1.19. The molecule has 1 aromatic heterocycles. The summed E-state index contributed by atoms with van der Waals surface area (Å²) >= 11 is 0. The lowest BCUT2D eigenvalue weighted by atomic mass is 10.1.